The van der Waals surface area contributed by atoms with E-state index < -0.39 is 10.0 Å². The summed E-state index contributed by atoms with van der Waals surface area (Å²) in [4.78, 5) is 0. The maximum Gasteiger partial charge on any atom is 0.212 e. The lowest BCUT2D eigenvalue weighted by molar-refractivity contribution is 0.0537. The minimum absolute atomic E-state index is 0.219. The standard InChI is InChI=1S/C13H28N2O3S/c1-3-8-14-9-4-5-12-19(16,17)15-13(2)6-10-18-11-7-13/h14-15H,3-12H2,1-2H3. The molecule has 2 N–H and O–H groups in total. The van der Waals surface area contributed by atoms with E-state index in [1.165, 1.54) is 0 Å². The van der Waals surface area contributed by atoms with Gasteiger partial charge in [-0.3, -0.25) is 0 Å². The highest BCUT2D eigenvalue weighted by Gasteiger charge is 2.31. The van der Waals surface area contributed by atoms with Crippen molar-refractivity contribution < 1.29 is 13.2 Å². The molecule has 1 aliphatic heterocycles. The van der Waals surface area contributed by atoms with E-state index in [1.54, 1.807) is 0 Å². The summed E-state index contributed by atoms with van der Waals surface area (Å²) in [6, 6.07) is 0. The summed E-state index contributed by atoms with van der Waals surface area (Å²) in [5, 5.41) is 3.28. The van der Waals surface area contributed by atoms with Gasteiger partial charge >= 0.3 is 0 Å². The van der Waals surface area contributed by atoms with Gasteiger partial charge in [-0.2, -0.15) is 0 Å². The molecule has 0 aliphatic carbocycles. The van der Waals surface area contributed by atoms with Crippen LogP contribution in [0.3, 0.4) is 0 Å². The summed E-state index contributed by atoms with van der Waals surface area (Å²) in [7, 11) is -3.17. The first-order valence-electron chi connectivity index (χ1n) is 7.27. The lowest BCUT2D eigenvalue weighted by Gasteiger charge is -2.34. The monoisotopic (exact) mass is 292 g/mol. The average molecular weight is 292 g/mol. The molecule has 0 radical (unpaired) electrons. The van der Waals surface area contributed by atoms with Crippen LogP contribution in [0, 0.1) is 0 Å². The molecule has 1 aliphatic rings. The predicted octanol–water partition coefficient (Wildman–Crippen LogP) is 1.25. The third-order valence-corrected chi connectivity index (χ3v) is 5.07. The molecule has 0 aromatic heterocycles. The first-order chi connectivity index (χ1) is 8.97. The number of unbranched alkanes of at least 4 members (excludes halogenated alkanes) is 1. The Morgan fingerprint density at radius 2 is 1.84 bits per heavy atom. The van der Waals surface area contributed by atoms with Crippen LogP contribution in [-0.4, -0.2) is 46.0 Å². The fourth-order valence-electron chi connectivity index (χ4n) is 2.19. The fourth-order valence-corrected chi connectivity index (χ4v) is 3.84. The number of hydrogen-bond donors (Lipinski definition) is 2. The van der Waals surface area contributed by atoms with Crippen LogP contribution in [0.1, 0.15) is 46.0 Å². The van der Waals surface area contributed by atoms with Crippen molar-refractivity contribution in [2.75, 3.05) is 32.1 Å². The molecule has 0 unspecified atom stereocenters. The molecule has 1 saturated heterocycles. The third-order valence-electron chi connectivity index (χ3n) is 3.44. The van der Waals surface area contributed by atoms with Crippen molar-refractivity contribution in [2.24, 2.45) is 0 Å². The Bertz CT molecular complexity index is 338. The number of nitrogens with one attached hydrogen (secondary N) is 2. The van der Waals surface area contributed by atoms with E-state index in [0.717, 1.165) is 38.8 Å². The Labute approximate surface area is 117 Å². The number of hydrogen-bond acceptors (Lipinski definition) is 4. The number of ether oxygens (including phenoxy) is 1. The van der Waals surface area contributed by atoms with E-state index >= 15 is 0 Å². The van der Waals surface area contributed by atoms with Gasteiger partial charge in [0.1, 0.15) is 0 Å². The molecule has 6 heteroatoms. The summed E-state index contributed by atoms with van der Waals surface area (Å²) in [6.45, 7) is 7.27. The maximum absolute atomic E-state index is 12.0. The van der Waals surface area contributed by atoms with Crippen LogP contribution in [-0.2, 0) is 14.8 Å². The quantitative estimate of drug-likeness (QED) is 0.628. The fraction of sp³-hybridized carbons (Fsp3) is 1.00. The average Bonchev–Trinajstić information content (AvgIpc) is 2.33. The van der Waals surface area contributed by atoms with Gasteiger partial charge in [0.15, 0.2) is 0 Å². The Hall–Kier alpha value is -0.170. The minimum atomic E-state index is -3.17. The highest BCUT2D eigenvalue weighted by atomic mass is 32.2. The second kappa shape index (κ2) is 8.19. The smallest absolute Gasteiger partial charge is 0.212 e. The van der Waals surface area contributed by atoms with Crippen molar-refractivity contribution in [3.63, 3.8) is 0 Å². The van der Waals surface area contributed by atoms with Gasteiger partial charge in [-0.25, -0.2) is 13.1 Å². The van der Waals surface area contributed by atoms with Gasteiger partial charge in [0.2, 0.25) is 10.0 Å². The molecule has 0 atom stereocenters. The zero-order valence-electron chi connectivity index (χ0n) is 12.2. The summed E-state index contributed by atoms with van der Waals surface area (Å²) < 4.78 is 32.2. The molecular weight excluding hydrogens is 264 g/mol. The van der Waals surface area contributed by atoms with E-state index in [2.05, 4.69) is 17.0 Å². The molecule has 1 heterocycles. The molecule has 0 aromatic carbocycles. The second-order valence-electron chi connectivity index (χ2n) is 5.55. The topological polar surface area (TPSA) is 67.4 Å². The molecule has 0 spiro atoms. The van der Waals surface area contributed by atoms with Gasteiger partial charge in [-0.05, 0) is 52.1 Å². The molecule has 0 saturated carbocycles. The first kappa shape index (κ1) is 16.9. The second-order valence-corrected chi connectivity index (χ2v) is 7.39. The van der Waals surface area contributed by atoms with Gasteiger partial charge in [0.25, 0.3) is 0 Å². The summed E-state index contributed by atoms with van der Waals surface area (Å²) >= 11 is 0. The summed E-state index contributed by atoms with van der Waals surface area (Å²) in [5.74, 6) is 0.219. The van der Waals surface area contributed by atoms with Crippen LogP contribution in [0.2, 0.25) is 0 Å². The lowest BCUT2D eigenvalue weighted by atomic mass is 9.94. The Balaban J connectivity index is 2.23. The SMILES string of the molecule is CCCNCCCCS(=O)(=O)NC1(C)CCOCC1. The summed E-state index contributed by atoms with van der Waals surface area (Å²) in [6.07, 6.45) is 4.23. The van der Waals surface area contributed by atoms with Gasteiger partial charge < -0.3 is 10.1 Å². The van der Waals surface area contributed by atoms with Crippen LogP contribution in [0.5, 0.6) is 0 Å². The van der Waals surface area contributed by atoms with Gasteiger partial charge in [-0.15, -0.1) is 0 Å². The van der Waals surface area contributed by atoms with Crippen molar-refractivity contribution in [1.82, 2.24) is 10.0 Å². The maximum atomic E-state index is 12.0. The normalized spacial score (nSPS) is 19.5. The zero-order valence-corrected chi connectivity index (χ0v) is 13.0. The van der Waals surface area contributed by atoms with Crippen molar-refractivity contribution in [3.05, 3.63) is 0 Å². The number of sulfonamides is 1. The van der Waals surface area contributed by atoms with Crippen LogP contribution in [0.4, 0.5) is 0 Å². The highest BCUT2D eigenvalue weighted by molar-refractivity contribution is 7.89. The van der Waals surface area contributed by atoms with Crippen LogP contribution < -0.4 is 10.0 Å². The molecule has 1 rings (SSSR count). The molecule has 5 nitrogen and oxygen atoms in total. The zero-order chi connectivity index (χ0) is 14.2. The van der Waals surface area contributed by atoms with Gasteiger partial charge in [0, 0.05) is 18.8 Å². The van der Waals surface area contributed by atoms with E-state index in [-0.39, 0.29) is 11.3 Å². The van der Waals surface area contributed by atoms with E-state index in [0.29, 0.717) is 19.6 Å². The van der Waals surface area contributed by atoms with Crippen LogP contribution in [0.25, 0.3) is 0 Å². The molecule has 0 amide bonds. The molecule has 0 aromatic rings. The third kappa shape index (κ3) is 7.25. The number of rotatable bonds is 9. The van der Waals surface area contributed by atoms with Gasteiger partial charge in [0.05, 0.1) is 5.75 Å². The minimum Gasteiger partial charge on any atom is -0.381 e. The lowest BCUT2D eigenvalue weighted by Crippen LogP contribution is -2.50. The first-order valence-corrected chi connectivity index (χ1v) is 8.93. The predicted molar refractivity (Wildman–Crippen MR) is 77.8 cm³/mol. The van der Waals surface area contributed by atoms with Crippen molar-refractivity contribution in [2.45, 2.75) is 51.5 Å². The highest BCUT2D eigenvalue weighted by Crippen LogP contribution is 2.20. The van der Waals surface area contributed by atoms with Crippen molar-refractivity contribution in [1.29, 1.82) is 0 Å². The van der Waals surface area contributed by atoms with Crippen molar-refractivity contribution in [3.8, 4) is 0 Å². The summed E-state index contributed by atoms with van der Waals surface area (Å²) in [5.41, 5.74) is -0.322. The van der Waals surface area contributed by atoms with Gasteiger partial charge in [-0.1, -0.05) is 6.92 Å². The molecule has 1 fully saturated rings. The van der Waals surface area contributed by atoms with E-state index in [4.69, 9.17) is 4.74 Å². The van der Waals surface area contributed by atoms with E-state index in [1.807, 2.05) is 6.92 Å². The van der Waals surface area contributed by atoms with Crippen LogP contribution >= 0.6 is 0 Å². The Morgan fingerprint density at radius 1 is 1.16 bits per heavy atom. The largest absolute Gasteiger partial charge is 0.381 e. The molecule has 0 bridgehead atoms. The van der Waals surface area contributed by atoms with Crippen LogP contribution in [0.15, 0.2) is 0 Å². The molecular formula is C13H28N2O3S. The molecule has 19 heavy (non-hydrogen) atoms. The Kier molecular flexibility index (Phi) is 7.28. The van der Waals surface area contributed by atoms with E-state index in [9.17, 15) is 8.42 Å². The molecule has 114 valence electrons. The van der Waals surface area contributed by atoms with Crippen molar-refractivity contribution >= 4 is 10.0 Å². The Morgan fingerprint density at radius 3 is 2.47 bits per heavy atom.